The Hall–Kier alpha value is -3.11. The lowest BCUT2D eigenvalue weighted by atomic mass is 10.1. The van der Waals surface area contributed by atoms with Crippen LogP contribution in [0.15, 0.2) is 58.6 Å². The lowest BCUT2D eigenvalue weighted by molar-refractivity contribution is -0.127. The predicted octanol–water partition coefficient (Wildman–Crippen LogP) is 3.01. The van der Waals surface area contributed by atoms with Crippen LogP contribution in [-0.4, -0.2) is 58.7 Å². The minimum Gasteiger partial charge on any atom is -0.354 e. The number of hydrogen-bond acceptors (Lipinski definition) is 7. The quantitative estimate of drug-likeness (QED) is 0.478. The van der Waals surface area contributed by atoms with Gasteiger partial charge in [0.1, 0.15) is 0 Å². The van der Waals surface area contributed by atoms with Crippen LogP contribution in [0.3, 0.4) is 0 Å². The van der Waals surface area contributed by atoms with E-state index in [-0.39, 0.29) is 42.5 Å². The van der Waals surface area contributed by atoms with Gasteiger partial charge in [-0.05, 0) is 53.9 Å². The number of carbonyl (C=O) groups is 4. The molecular weight excluding hydrogens is 460 g/mol. The largest absolute Gasteiger partial charge is 0.354 e. The first-order chi connectivity index (χ1) is 16.0. The number of anilines is 1. The highest BCUT2D eigenvalue weighted by Crippen LogP contribution is 2.32. The van der Waals surface area contributed by atoms with E-state index in [1.807, 2.05) is 30.5 Å². The number of nitrogens with one attached hydrogen (secondary N) is 1. The molecule has 10 heteroatoms. The third-order valence-electron chi connectivity index (χ3n) is 5.35. The van der Waals surface area contributed by atoms with Crippen molar-refractivity contribution in [2.45, 2.75) is 11.3 Å². The van der Waals surface area contributed by atoms with Gasteiger partial charge in [-0.1, -0.05) is 12.1 Å². The van der Waals surface area contributed by atoms with Crippen molar-refractivity contribution in [1.82, 2.24) is 15.2 Å². The van der Waals surface area contributed by atoms with E-state index in [2.05, 4.69) is 10.3 Å². The fourth-order valence-corrected chi connectivity index (χ4v) is 4.97. The summed E-state index contributed by atoms with van der Waals surface area (Å²) in [5.41, 5.74) is 1.51. The molecule has 0 bridgehead atoms. The van der Waals surface area contributed by atoms with Crippen LogP contribution in [0, 0.1) is 5.92 Å². The third kappa shape index (κ3) is 5.28. The zero-order chi connectivity index (χ0) is 23.4. The Kier molecular flexibility index (Phi) is 7.14. The molecule has 2 aliphatic rings. The van der Waals surface area contributed by atoms with E-state index in [1.54, 1.807) is 47.3 Å². The first-order valence-corrected chi connectivity index (χ1v) is 12.4. The molecule has 2 fully saturated rings. The van der Waals surface area contributed by atoms with Crippen LogP contribution in [0.2, 0.25) is 0 Å². The molecule has 0 unspecified atom stereocenters. The summed E-state index contributed by atoms with van der Waals surface area (Å²) in [5.74, 6) is -1.22. The van der Waals surface area contributed by atoms with Crippen LogP contribution in [0.5, 0.6) is 0 Å². The van der Waals surface area contributed by atoms with Crippen molar-refractivity contribution in [2.75, 3.05) is 30.8 Å². The molecule has 2 aliphatic heterocycles. The molecule has 33 heavy (non-hydrogen) atoms. The van der Waals surface area contributed by atoms with Gasteiger partial charge in [0.15, 0.2) is 0 Å². The van der Waals surface area contributed by atoms with Gasteiger partial charge in [0, 0.05) is 49.0 Å². The van der Waals surface area contributed by atoms with Crippen molar-refractivity contribution in [2.24, 2.45) is 5.92 Å². The van der Waals surface area contributed by atoms with Crippen LogP contribution in [-0.2, 0) is 14.4 Å². The standard InChI is InChI=1S/C23H22N4O4S2/c1-32-18-6-2-5-17(12-18)27-14-16(11-20(27)28)21(29)25-8-9-26-22(30)19(33-23(26)31)10-15-4-3-7-24-13-15/h2-7,10,12-13,16H,8-9,11,14H2,1H3,(H,25,29)/b19-10+/t16-/m0/s1. The molecule has 0 aliphatic carbocycles. The molecule has 1 aromatic carbocycles. The highest BCUT2D eigenvalue weighted by molar-refractivity contribution is 8.18. The second-order valence-electron chi connectivity index (χ2n) is 7.52. The van der Waals surface area contributed by atoms with Crippen LogP contribution in [0.4, 0.5) is 10.5 Å². The monoisotopic (exact) mass is 482 g/mol. The van der Waals surface area contributed by atoms with E-state index < -0.39 is 5.92 Å². The van der Waals surface area contributed by atoms with Crippen molar-refractivity contribution >= 4 is 58.2 Å². The van der Waals surface area contributed by atoms with Crippen molar-refractivity contribution in [3.63, 3.8) is 0 Å². The normalized spacial score (nSPS) is 19.6. The zero-order valence-corrected chi connectivity index (χ0v) is 19.5. The van der Waals surface area contributed by atoms with Gasteiger partial charge in [0.2, 0.25) is 11.8 Å². The maximum Gasteiger partial charge on any atom is 0.293 e. The van der Waals surface area contributed by atoms with Crippen LogP contribution in [0.1, 0.15) is 12.0 Å². The maximum absolute atomic E-state index is 12.6. The molecule has 0 radical (unpaired) electrons. The minimum absolute atomic E-state index is 0.0704. The Labute approximate surface area is 199 Å². The fraction of sp³-hybridized carbons (Fsp3) is 0.261. The number of amides is 4. The highest BCUT2D eigenvalue weighted by atomic mass is 32.2. The van der Waals surface area contributed by atoms with Crippen LogP contribution in [0.25, 0.3) is 6.08 Å². The summed E-state index contributed by atoms with van der Waals surface area (Å²) in [5, 5.41) is 2.39. The Morgan fingerprint density at radius 1 is 1.27 bits per heavy atom. The number of imide groups is 1. The molecule has 0 spiro atoms. The summed E-state index contributed by atoms with van der Waals surface area (Å²) in [6.45, 7) is 0.503. The maximum atomic E-state index is 12.6. The van der Waals surface area contributed by atoms with Gasteiger partial charge < -0.3 is 10.2 Å². The summed E-state index contributed by atoms with van der Waals surface area (Å²) in [4.78, 5) is 58.0. The number of thioether (sulfide) groups is 2. The first kappa shape index (κ1) is 23.1. The number of benzene rings is 1. The van der Waals surface area contributed by atoms with Crippen molar-refractivity contribution in [3.8, 4) is 0 Å². The summed E-state index contributed by atoms with van der Waals surface area (Å²) in [6, 6.07) is 11.2. The lowest BCUT2D eigenvalue weighted by Gasteiger charge is -2.18. The molecule has 8 nitrogen and oxygen atoms in total. The summed E-state index contributed by atoms with van der Waals surface area (Å²) in [7, 11) is 0. The SMILES string of the molecule is CSc1cccc(N2C[C@@H](C(=O)NCCN3C(=O)S/C(=C/c4cccnc4)C3=O)CC2=O)c1. The van der Waals surface area contributed by atoms with E-state index in [0.29, 0.717) is 11.4 Å². The van der Waals surface area contributed by atoms with Gasteiger partial charge in [-0.3, -0.25) is 29.1 Å². The number of nitrogens with zero attached hydrogens (tertiary/aromatic N) is 3. The molecule has 4 amide bonds. The summed E-state index contributed by atoms with van der Waals surface area (Å²) < 4.78 is 0. The summed E-state index contributed by atoms with van der Waals surface area (Å²) in [6.07, 6.45) is 6.96. The zero-order valence-electron chi connectivity index (χ0n) is 17.9. The number of pyridine rings is 1. The molecule has 3 heterocycles. The fourth-order valence-electron chi connectivity index (χ4n) is 3.65. The van der Waals surface area contributed by atoms with Gasteiger partial charge in [0.25, 0.3) is 11.1 Å². The van der Waals surface area contributed by atoms with E-state index in [1.165, 1.54) is 0 Å². The Bertz CT molecular complexity index is 1120. The average Bonchev–Trinajstić information content (AvgIpc) is 3.34. The topological polar surface area (TPSA) is 99.7 Å². The Balaban J connectivity index is 1.30. The minimum atomic E-state index is -0.476. The second-order valence-corrected chi connectivity index (χ2v) is 9.39. The molecule has 2 aromatic rings. The van der Waals surface area contributed by atoms with Gasteiger partial charge >= 0.3 is 0 Å². The average molecular weight is 483 g/mol. The van der Waals surface area contributed by atoms with Crippen LogP contribution < -0.4 is 10.2 Å². The second kappa shape index (κ2) is 10.2. The number of carbonyl (C=O) groups excluding carboxylic acids is 4. The van der Waals surface area contributed by atoms with Crippen LogP contribution >= 0.6 is 23.5 Å². The van der Waals surface area contributed by atoms with Gasteiger partial charge in [-0.25, -0.2) is 0 Å². The molecule has 4 rings (SSSR count). The Morgan fingerprint density at radius 3 is 2.88 bits per heavy atom. The molecule has 1 aromatic heterocycles. The predicted molar refractivity (Wildman–Crippen MR) is 129 cm³/mol. The number of rotatable bonds is 7. The highest BCUT2D eigenvalue weighted by Gasteiger charge is 2.37. The molecule has 2 saturated heterocycles. The lowest BCUT2D eigenvalue weighted by Crippen LogP contribution is -2.40. The van der Waals surface area contributed by atoms with E-state index >= 15 is 0 Å². The van der Waals surface area contributed by atoms with Gasteiger partial charge in [-0.2, -0.15) is 0 Å². The Morgan fingerprint density at radius 2 is 2.12 bits per heavy atom. The third-order valence-corrected chi connectivity index (χ3v) is 6.98. The number of aromatic nitrogens is 1. The smallest absolute Gasteiger partial charge is 0.293 e. The van der Waals surface area contributed by atoms with E-state index in [4.69, 9.17) is 0 Å². The summed E-state index contributed by atoms with van der Waals surface area (Å²) >= 11 is 2.46. The number of hydrogen-bond donors (Lipinski definition) is 1. The molecule has 1 N–H and O–H groups in total. The van der Waals surface area contributed by atoms with Gasteiger partial charge in [0.05, 0.1) is 10.8 Å². The van der Waals surface area contributed by atoms with Gasteiger partial charge in [-0.15, -0.1) is 11.8 Å². The molecule has 170 valence electrons. The van der Waals surface area contributed by atoms with Crippen molar-refractivity contribution in [1.29, 1.82) is 0 Å². The van der Waals surface area contributed by atoms with E-state index in [9.17, 15) is 19.2 Å². The van der Waals surface area contributed by atoms with Crippen molar-refractivity contribution in [3.05, 3.63) is 59.3 Å². The van der Waals surface area contributed by atoms with Crippen molar-refractivity contribution < 1.29 is 19.2 Å². The first-order valence-electron chi connectivity index (χ1n) is 10.3. The molecule has 0 saturated carbocycles. The molecule has 1 atom stereocenters. The molecular formula is C23H22N4O4S2. The van der Waals surface area contributed by atoms with E-state index in [0.717, 1.165) is 32.8 Å².